The van der Waals surface area contributed by atoms with Crippen molar-refractivity contribution in [3.8, 4) is 0 Å². The van der Waals surface area contributed by atoms with Crippen molar-refractivity contribution < 1.29 is 27.6 Å². The molecule has 13 heterocycles. The number of furan rings is 5. The van der Waals surface area contributed by atoms with Crippen LogP contribution < -0.4 is 39.2 Å². The van der Waals surface area contributed by atoms with Crippen molar-refractivity contribution in [2.45, 2.75) is 120 Å². The van der Waals surface area contributed by atoms with E-state index in [1.165, 1.54) is 21.6 Å². The van der Waals surface area contributed by atoms with Gasteiger partial charge in [-0.15, -0.1) is 0 Å². The van der Waals surface area contributed by atoms with Crippen LogP contribution in [0, 0.1) is 34.6 Å². The minimum absolute atomic E-state index is 0.0117. The second kappa shape index (κ2) is 33.9. The standard InChI is InChI=1S/2C26H21N3O.C25H20N4O.C20H22N2O.C18H18N2O/c1-17-14-15-21-20-11-6-7-13-23(20)30-25(21)24(17)29-18(2)28(19-9-4-3-5-10-19)26-22(29)12-8-16-27-26;1-17-14-15-21-20-11-6-7-13-23(20)30-25(21)24(17)29-18(2)28(19-9-4-3-5-10-19)22-12-8-16-27-26(22)29;1-16-12-13-20-19-10-6-7-11-21(19)30-23(20)22(16)29-17(2)28(18-8-4-3-5-9-18)24-25(29)27-15-14-26-24;1-13(2)21-11-12-22(15(21)4)19-14(3)9-10-17-16-7-5-6-8-18(16)23-20(17)19;1-12-8-9-15-14-6-4-5-7-16(14)21-18(15)17(12)20-11-10-19(3)13(20)2/h2*3-16,18H,1-2H3;3-15,17H,1-2H3;5-13,15H,1-4H3;4-11,13H,1-3H3/t2*18-;17-;15-;13-/m00000/s1/i;;;13D;3D3. The number of nitrogens with zero attached hydrogens (tertiary/aromatic N) is 14. The Morgan fingerprint density at radius 2 is 0.552 bits per heavy atom. The van der Waals surface area contributed by atoms with Crippen molar-refractivity contribution in [3.05, 3.63) is 375 Å². The molecule has 0 radical (unpaired) electrons. The minimum atomic E-state index is -2.17. The average molecular weight is 1760 g/mol. The molecule has 0 amide bonds. The van der Waals surface area contributed by atoms with Gasteiger partial charge < -0.3 is 61.3 Å². The second-order valence-corrected chi connectivity index (χ2v) is 35.0. The molecule has 5 aliphatic rings. The Balaban J connectivity index is 0.0000001000. The van der Waals surface area contributed by atoms with Crippen LogP contribution in [0.3, 0.4) is 0 Å². The molecule has 5 atom stereocenters. The highest BCUT2D eigenvalue weighted by molar-refractivity contribution is 6.15. The van der Waals surface area contributed by atoms with Crippen LogP contribution in [0.4, 0.5) is 80.1 Å². The lowest BCUT2D eigenvalue weighted by Gasteiger charge is -2.33. The van der Waals surface area contributed by atoms with Gasteiger partial charge in [0.05, 0.1) is 41.2 Å². The van der Waals surface area contributed by atoms with Crippen molar-refractivity contribution >= 4 is 190 Å². The molecule has 19 heteroatoms. The number of pyridine rings is 2. The molecular weight excluding hydrogens is 1660 g/mol. The Morgan fingerprint density at radius 1 is 0.261 bits per heavy atom. The monoisotopic (exact) mass is 1760 g/mol. The van der Waals surface area contributed by atoms with Crippen molar-refractivity contribution in [1.29, 1.82) is 0 Å². The van der Waals surface area contributed by atoms with Crippen LogP contribution in [-0.4, -0.2) is 73.6 Å². The van der Waals surface area contributed by atoms with Gasteiger partial charge in [0.15, 0.2) is 51.2 Å². The Morgan fingerprint density at radius 3 is 0.933 bits per heavy atom. The predicted molar refractivity (Wildman–Crippen MR) is 550 cm³/mol. The van der Waals surface area contributed by atoms with Crippen LogP contribution in [-0.2, 0) is 0 Å². The Hall–Kier alpha value is -16.3. The second-order valence-electron chi connectivity index (χ2n) is 35.0. The number of para-hydroxylation sites is 8. The number of fused-ring (bicyclic) bond motifs is 18. The molecule has 0 bridgehead atoms. The largest absolute Gasteiger partial charge is 0.454 e. The van der Waals surface area contributed by atoms with Crippen molar-refractivity contribution in [2.75, 3.05) is 46.2 Å². The Labute approximate surface area is 783 Å². The summed E-state index contributed by atoms with van der Waals surface area (Å²) < 4.78 is 62.8. The third-order valence-corrected chi connectivity index (χ3v) is 26.7. The normalized spacial score (nSPS) is 17.2. The van der Waals surface area contributed by atoms with Gasteiger partial charge in [-0.3, -0.25) is 9.80 Å². The third kappa shape index (κ3) is 13.9. The van der Waals surface area contributed by atoms with Gasteiger partial charge >= 0.3 is 0 Å². The van der Waals surface area contributed by atoms with Gasteiger partial charge in [0.1, 0.15) is 58.7 Å². The van der Waals surface area contributed by atoms with Gasteiger partial charge in [-0.1, -0.05) is 206 Å². The summed E-state index contributed by atoms with van der Waals surface area (Å²) in [6.07, 6.45) is 14.6. The molecule has 13 aromatic carbocycles. The lowest BCUT2D eigenvalue weighted by Crippen LogP contribution is -2.39. The molecule has 0 saturated carbocycles. The molecule has 0 unspecified atom stereocenters. The van der Waals surface area contributed by atoms with E-state index in [9.17, 15) is 0 Å². The molecule has 0 N–H and O–H groups in total. The predicted octanol–water partition coefficient (Wildman–Crippen LogP) is 29.9. The fourth-order valence-corrected chi connectivity index (χ4v) is 20.3. The number of benzene rings is 13. The summed E-state index contributed by atoms with van der Waals surface area (Å²) in [5.74, 6) is 3.60. The molecule has 8 aromatic heterocycles. The van der Waals surface area contributed by atoms with Crippen LogP contribution in [0.1, 0.15) is 81.8 Å². The zero-order chi connectivity index (χ0) is 94.8. The first-order valence-corrected chi connectivity index (χ1v) is 45.6. The van der Waals surface area contributed by atoms with Gasteiger partial charge in [-0.25, -0.2) is 19.9 Å². The molecule has 19 nitrogen and oxygen atoms in total. The van der Waals surface area contributed by atoms with Gasteiger partial charge in [-0.05, 0) is 202 Å². The summed E-state index contributed by atoms with van der Waals surface area (Å²) in [5, 5.41) is 11.2. The third-order valence-electron chi connectivity index (χ3n) is 26.7. The fourth-order valence-electron chi connectivity index (χ4n) is 20.3. The van der Waals surface area contributed by atoms with Gasteiger partial charge in [0.2, 0.25) is 0 Å². The van der Waals surface area contributed by atoms with E-state index < -0.39 is 13.0 Å². The van der Waals surface area contributed by atoms with Gasteiger partial charge in [0.25, 0.3) is 0 Å². The van der Waals surface area contributed by atoms with E-state index in [-0.39, 0.29) is 30.8 Å². The molecule has 0 spiro atoms. The maximum atomic E-state index is 8.34. The zero-order valence-corrected chi connectivity index (χ0v) is 76.6. The van der Waals surface area contributed by atoms with Crippen LogP contribution in [0.2, 0.25) is 0 Å². The van der Waals surface area contributed by atoms with Crippen molar-refractivity contribution in [2.24, 2.45) is 0 Å². The summed E-state index contributed by atoms with van der Waals surface area (Å²) in [4.78, 5) is 40.3. The quantitative estimate of drug-likeness (QED) is 0.135. The summed E-state index contributed by atoms with van der Waals surface area (Å²) in [6, 6.07) is 101. The molecule has 662 valence electrons. The SMILES string of the molecule is Cc1ccc2c(oc3ccccc32)c1N1c2cccnc2N(c2ccccc2)[C@@H]1C.Cc1ccc2c(oc3ccccc32)c1N1c2ncccc2N(c2ccccc2)[C@@H]1C.Cc1ccc2c(oc3ccccc32)c1N1c2nccnc2N(c2ccccc2)[C@@H]1C.[2H]C(C)(C)N1C=CN(c2c(C)ccc3c2oc2ccccc23)[C@H]1C.[2H]C([2H])([2H])N1C=CN(c2c(C)ccc3c2oc2ccccc23)[C@H]1C. The Bertz CT molecular complexity index is 7640. The van der Waals surface area contributed by atoms with Crippen LogP contribution in [0.5, 0.6) is 0 Å². The van der Waals surface area contributed by atoms with E-state index in [2.05, 4.69) is 271 Å². The smallest absolute Gasteiger partial charge is 0.178 e. The Kier molecular flexibility index (Phi) is 19.9. The molecule has 21 aromatic rings. The molecular formula is C115H102N14O5. The summed E-state index contributed by atoms with van der Waals surface area (Å²) in [5.41, 5.74) is 25.4. The first kappa shape index (κ1) is 78.7. The molecule has 0 aliphatic carbocycles. The van der Waals surface area contributed by atoms with E-state index in [0.717, 1.165) is 201 Å². The molecule has 26 rings (SSSR count). The molecule has 5 aliphatic heterocycles. The number of hydrogen-bond acceptors (Lipinski definition) is 19. The lowest BCUT2D eigenvalue weighted by atomic mass is 10.1. The van der Waals surface area contributed by atoms with Crippen molar-refractivity contribution in [3.63, 3.8) is 0 Å². The summed E-state index contributed by atoms with van der Waals surface area (Å²) in [7, 11) is 0. The van der Waals surface area contributed by atoms with Gasteiger partial charge in [0, 0.05) is 138 Å². The topological polar surface area (TPSA) is 150 Å². The van der Waals surface area contributed by atoms with E-state index in [0.29, 0.717) is 0 Å². The molecule has 0 fully saturated rings. The number of aryl methyl sites for hydroxylation is 5. The first-order valence-electron chi connectivity index (χ1n) is 47.6. The van der Waals surface area contributed by atoms with E-state index in [1.54, 1.807) is 18.6 Å². The fraction of sp³-hybridized carbons (Fsp3) is 0.165. The number of aromatic nitrogens is 4. The highest BCUT2D eigenvalue weighted by Gasteiger charge is 2.43. The maximum Gasteiger partial charge on any atom is 0.178 e. The highest BCUT2D eigenvalue weighted by Crippen LogP contribution is 2.55. The van der Waals surface area contributed by atoms with Gasteiger partial charge in [-0.2, -0.15) is 0 Å². The van der Waals surface area contributed by atoms with Crippen molar-refractivity contribution in [1.82, 2.24) is 29.7 Å². The zero-order valence-electron chi connectivity index (χ0n) is 80.6. The maximum absolute atomic E-state index is 8.34. The van der Waals surface area contributed by atoms with E-state index in [4.69, 9.17) is 42.5 Å². The highest BCUT2D eigenvalue weighted by atomic mass is 16.3. The van der Waals surface area contributed by atoms with E-state index >= 15 is 0 Å². The lowest BCUT2D eigenvalue weighted by molar-refractivity contribution is 0.263. The summed E-state index contributed by atoms with van der Waals surface area (Å²) >= 11 is 0. The van der Waals surface area contributed by atoms with E-state index in [1.807, 2.05) is 190 Å². The molecule has 134 heavy (non-hydrogen) atoms. The molecule has 0 saturated heterocycles. The number of anilines is 14. The summed E-state index contributed by atoms with van der Waals surface area (Å²) in [6.45, 7) is 22.8. The van der Waals surface area contributed by atoms with Crippen LogP contribution in [0.25, 0.3) is 110 Å². The number of rotatable bonds is 9. The number of hydrogen-bond donors (Lipinski definition) is 0. The minimum Gasteiger partial charge on any atom is -0.454 e. The average Bonchev–Trinajstić information content (AvgIpc) is 1.58. The van der Waals surface area contributed by atoms with Crippen LogP contribution >= 0.6 is 0 Å². The van der Waals surface area contributed by atoms with Crippen LogP contribution in [0.15, 0.2) is 369 Å². The first-order chi connectivity index (χ1) is 67.0.